The second-order valence-corrected chi connectivity index (χ2v) is 4.65. The Kier molecular flexibility index (Phi) is 5.48. The van der Waals surface area contributed by atoms with Crippen molar-refractivity contribution < 1.29 is 14.2 Å². The zero-order valence-electron chi connectivity index (χ0n) is 11.7. The minimum Gasteiger partial charge on any atom is -0.486 e. The highest BCUT2D eigenvalue weighted by molar-refractivity contribution is 5.40. The molecular formula is C15H23NO3. The molecule has 0 spiro atoms. The largest absolute Gasteiger partial charge is 0.486 e. The Morgan fingerprint density at radius 1 is 1.32 bits per heavy atom. The van der Waals surface area contributed by atoms with Gasteiger partial charge in [-0.15, -0.1) is 0 Å². The molecule has 1 heterocycles. The molecule has 0 aliphatic carbocycles. The molecule has 1 aromatic rings. The molecule has 1 aliphatic rings. The molecule has 0 fully saturated rings. The van der Waals surface area contributed by atoms with Gasteiger partial charge in [0.2, 0.25) is 0 Å². The predicted molar refractivity (Wildman–Crippen MR) is 74.9 cm³/mol. The molecule has 0 saturated carbocycles. The van der Waals surface area contributed by atoms with E-state index in [1.807, 2.05) is 24.3 Å². The molecule has 1 N–H and O–H groups in total. The second kappa shape index (κ2) is 7.36. The zero-order valence-corrected chi connectivity index (χ0v) is 11.7. The van der Waals surface area contributed by atoms with E-state index >= 15 is 0 Å². The molecule has 2 unspecified atom stereocenters. The molecule has 4 heteroatoms. The fourth-order valence-corrected chi connectivity index (χ4v) is 2.15. The number of benzene rings is 1. The SMILES string of the molecule is CCCOCC(NCC)C1COc2ccccc2O1. The fraction of sp³-hybridized carbons (Fsp3) is 0.600. The summed E-state index contributed by atoms with van der Waals surface area (Å²) in [4.78, 5) is 0. The maximum absolute atomic E-state index is 6.01. The molecule has 4 nitrogen and oxygen atoms in total. The zero-order chi connectivity index (χ0) is 13.5. The second-order valence-electron chi connectivity index (χ2n) is 4.65. The van der Waals surface area contributed by atoms with Crippen LogP contribution in [0.5, 0.6) is 11.5 Å². The first-order valence-corrected chi connectivity index (χ1v) is 7.04. The Bertz CT molecular complexity index is 383. The highest BCUT2D eigenvalue weighted by atomic mass is 16.6. The van der Waals surface area contributed by atoms with Gasteiger partial charge in [-0.2, -0.15) is 0 Å². The standard InChI is InChI=1S/C15H23NO3/c1-3-9-17-10-12(16-4-2)15-11-18-13-7-5-6-8-14(13)19-15/h5-8,12,15-16H,3-4,9-11H2,1-2H3. The third-order valence-corrected chi connectivity index (χ3v) is 3.09. The van der Waals surface area contributed by atoms with Gasteiger partial charge in [0.1, 0.15) is 6.61 Å². The first-order chi connectivity index (χ1) is 9.35. The van der Waals surface area contributed by atoms with E-state index in [0.29, 0.717) is 13.2 Å². The van der Waals surface area contributed by atoms with Crippen LogP contribution in [0.1, 0.15) is 20.3 Å². The highest BCUT2D eigenvalue weighted by Gasteiger charge is 2.28. The number of para-hydroxylation sites is 2. The third-order valence-electron chi connectivity index (χ3n) is 3.09. The average molecular weight is 265 g/mol. The van der Waals surface area contributed by atoms with Crippen LogP contribution < -0.4 is 14.8 Å². The molecule has 0 saturated heterocycles. The lowest BCUT2D eigenvalue weighted by molar-refractivity contribution is 0.0210. The van der Waals surface area contributed by atoms with Gasteiger partial charge in [0.25, 0.3) is 0 Å². The van der Waals surface area contributed by atoms with E-state index in [0.717, 1.165) is 31.1 Å². The van der Waals surface area contributed by atoms with Gasteiger partial charge in [0, 0.05) is 6.61 Å². The smallest absolute Gasteiger partial charge is 0.161 e. The molecule has 0 aromatic heterocycles. The monoisotopic (exact) mass is 265 g/mol. The van der Waals surface area contributed by atoms with Gasteiger partial charge in [-0.25, -0.2) is 0 Å². The van der Waals surface area contributed by atoms with Crippen LogP contribution in [-0.2, 0) is 4.74 Å². The molecule has 106 valence electrons. The molecule has 1 aliphatic heterocycles. The van der Waals surface area contributed by atoms with Crippen molar-refractivity contribution in [1.82, 2.24) is 5.32 Å². The Balaban J connectivity index is 1.95. The predicted octanol–water partition coefficient (Wildman–Crippen LogP) is 2.23. The molecule has 2 rings (SSSR count). The molecule has 0 bridgehead atoms. The van der Waals surface area contributed by atoms with Crippen molar-refractivity contribution in [2.75, 3.05) is 26.4 Å². The topological polar surface area (TPSA) is 39.7 Å². The van der Waals surface area contributed by atoms with E-state index in [-0.39, 0.29) is 12.1 Å². The fourth-order valence-electron chi connectivity index (χ4n) is 2.15. The number of hydrogen-bond donors (Lipinski definition) is 1. The molecule has 0 amide bonds. The van der Waals surface area contributed by atoms with E-state index < -0.39 is 0 Å². The number of rotatable bonds is 7. The van der Waals surface area contributed by atoms with Crippen LogP contribution in [0.25, 0.3) is 0 Å². The highest BCUT2D eigenvalue weighted by Crippen LogP contribution is 2.31. The summed E-state index contributed by atoms with van der Waals surface area (Å²) in [5.74, 6) is 1.64. The van der Waals surface area contributed by atoms with Crippen molar-refractivity contribution in [3.8, 4) is 11.5 Å². The van der Waals surface area contributed by atoms with E-state index in [1.165, 1.54) is 0 Å². The summed E-state index contributed by atoms with van der Waals surface area (Å²) in [6.45, 7) is 7.08. The summed E-state index contributed by atoms with van der Waals surface area (Å²) >= 11 is 0. The van der Waals surface area contributed by atoms with E-state index in [4.69, 9.17) is 14.2 Å². The van der Waals surface area contributed by atoms with Gasteiger partial charge in [0.05, 0.1) is 12.6 Å². The maximum atomic E-state index is 6.01. The third kappa shape index (κ3) is 3.85. The summed E-state index contributed by atoms with van der Waals surface area (Å²) < 4.78 is 17.4. The van der Waals surface area contributed by atoms with Crippen molar-refractivity contribution in [2.45, 2.75) is 32.4 Å². The summed E-state index contributed by atoms with van der Waals surface area (Å²) in [5, 5.41) is 3.41. The lowest BCUT2D eigenvalue weighted by Gasteiger charge is -2.32. The Morgan fingerprint density at radius 3 is 2.84 bits per heavy atom. The Morgan fingerprint density at radius 2 is 2.11 bits per heavy atom. The van der Waals surface area contributed by atoms with Gasteiger partial charge in [0.15, 0.2) is 17.6 Å². The molecule has 0 radical (unpaired) electrons. The van der Waals surface area contributed by atoms with E-state index in [2.05, 4.69) is 19.2 Å². The molecule has 19 heavy (non-hydrogen) atoms. The number of likely N-dealkylation sites (N-methyl/N-ethyl adjacent to an activating group) is 1. The summed E-state index contributed by atoms with van der Waals surface area (Å²) in [7, 11) is 0. The van der Waals surface area contributed by atoms with Crippen molar-refractivity contribution >= 4 is 0 Å². The van der Waals surface area contributed by atoms with Crippen LogP contribution in [0, 0.1) is 0 Å². The quantitative estimate of drug-likeness (QED) is 0.767. The van der Waals surface area contributed by atoms with Gasteiger partial charge in [-0.3, -0.25) is 0 Å². The van der Waals surface area contributed by atoms with Crippen LogP contribution in [0.2, 0.25) is 0 Å². The van der Waals surface area contributed by atoms with Crippen LogP contribution in [0.4, 0.5) is 0 Å². The van der Waals surface area contributed by atoms with Crippen molar-refractivity contribution in [3.05, 3.63) is 24.3 Å². The first-order valence-electron chi connectivity index (χ1n) is 7.04. The van der Waals surface area contributed by atoms with Gasteiger partial charge >= 0.3 is 0 Å². The van der Waals surface area contributed by atoms with Crippen molar-refractivity contribution in [1.29, 1.82) is 0 Å². The molecule has 1 aromatic carbocycles. The van der Waals surface area contributed by atoms with E-state index in [1.54, 1.807) is 0 Å². The minimum absolute atomic E-state index is 0.00768. The van der Waals surface area contributed by atoms with Gasteiger partial charge in [-0.1, -0.05) is 26.0 Å². The van der Waals surface area contributed by atoms with Gasteiger partial charge in [-0.05, 0) is 25.1 Å². The van der Waals surface area contributed by atoms with Gasteiger partial charge < -0.3 is 19.5 Å². The summed E-state index contributed by atoms with van der Waals surface area (Å²) in [6.07, 6.45) is 1.02. The molecule has 2 atom stereocenters. The number of ether oxygens (including phenoxy) is 3. The summed E-state index contributed by atoms with van der Waals surface area (Å²) in [6, 6.07) is 7.94. The van der Waals surface area contributed by atoms with Crippen LogP contribution in [0.15, 0.2) is 24.3 Å². The van der Waals surface area contributed by atoms with Crippen LogP contribution in [-0.4, -0.2) is 38.5 Å². The Hall–Kier alpha value is -1.26. The molecular weight excluding hydrogens is 242 g/mol. The van der Waals surface area contributed by atoms with E-state index in [9.17, 15) is 0 Å². The maximum Gasteiger partial charge on any atom is 0.161 e. The van der Waals surface area contributed by atoms with Crippen molar-refractivity contribution in [2.24, 2.45) is 0 Å². The summed E-state index contributed by atoms with van der Waals surface area (Å²) in [5.41, 5.74) is 0. The van der Waals surface area contributed by atoms with Crippen LogP contribution >= 0.6 is 0 Å². The Labute approximate surface area is 115 Å². The number of fused-ring (bicyclic) bond motifs is 1. The average Bonchev–Trinajstić information content (AvgIpc) is 2.46. The van der Waals surface area contributed by atoms with Crippen molar-refractivity contribution in [3.63, 3.8) is 0 Å². The minimum atomic E-state index is -0.00768. The number of nitrogens with one attached hydrogen (secondary N) is 1. The normalized spacial score (nSPS) is 19.2. The van der Waals surface area contributed by atoms with Crippen LogP contribution in [0.3, 0.4) is 0 Å². The number of hydrogen-bond acceptors (Lipinski definition) is 4. The lowest BCUT2D eigenvalue weighted by atomic mass is 10.1. The first kappa shape index (κ1) is 14.2. The lowest BCUT2D eigenvalue weighted by Crippen LogP contribution is -2.50.